The van der Waals surface area contributed by atoms with E-state index >= 15 is 0 Å². The molecule has 2 aliphatic rings. The number of nitrogens with two attached hydrogens (primary N) is 1. The van der Waals surface area contributed by atoms with Gasteiger partial charge >= 0.3 is 5.97 Å². The molecule has 0 spiro atoms. The Bertz CT molecular complexity index is 684. The number of ether oxygens (including phenoxy) is 3. The van der Waals surface area contributed by atoms with Crippen LogP contribution in [0.2, 0.25) is 0 Å². The van der Waals surface area contributed by atoms with Crippen LogP contribution in [0.1, 0.15) is 30.1 Å². The summed E-state index contributed by atoms with van der Waals surface area (Å²) in [7, 11) is 1.30. The van der Waals surface area contributed by atoms with E-state index in [0.29, 0.717) is 35.5 Å². The zero-order valence-electron chi connectivity index (χ0n) is 15.7. The van der Waals surface area contributed by atoms with E-state index in [2.05, 4.69) is 4.74 Å². The fourth-order valence-corrected chi connectivity index (χ4v) is 3.88. The first-order chi connectivity index (χ1) is 12.5. The number of benzene rings is 1. The van der Waals surface area contributed by atoms with Gasteiger partial charge in [0.05, 0.1) is 13.7 Å². The maximum atomic E-state index is 12.9. The quantitative estimate of drug-likeness (QED) is 0.735. The molecule has 2 fully saturated rings. The van der Waals surface area contributed by atoms with Crippen LogP contribution in [0.25, 0.3) is 0 Å². The lowest BCUT2D eigenvalue weighted by Gasteiger charge is -2.20. The van der Waals surface area contributed by atoms with Crippen molar-refractivity contribution in [3.05, 3.63) is 23.8 Å². The Balaban J connectivity index is 0.00000261. The third-order valence-corrected chi connectivity index (χ3v) is 5.26. The van der Waals surface area contributed by atoms with Crippen LogP contribution in [0.4, 0.5) is 0 Å². The van der Waals surface area contributed by atoms with Gasteiger partial charge in [-0.2, -0.15) is 0 Å². The van der Waals surface area contributed by atoms with E-state index < -0.39 is 5.97 Å². The molecule has 1 aliphatic heterocycles. The highest BCUT2D eigenvalue weighted by Gasteiger charge is 2.42. The minimum absolute atomic E-state index is 0. The topological polar surface area (TPSA) is 91.1 Å². The SMILES string of the molecule is CCOc1cc(C(=O)N2CC3CCC(N)C3C2)ccc1OCC(=O)OC.Cl. The lowest BCUT2D eigenvalue weighted by Crippen LogP contribution is -2.33. The summed E-state index contributed by atoms with van der Waals surface area (Å²) in [6.07, 6.45) is 2.15. The molecule has 1 saturated heterocycles. The molecule has 1 heterocycles. The molecule has 3 rings (SSSR count). The summed E-state index contributed by atoms with van der Waals surface area (Å²) in [5.41, 5.74) is 6.71. The van der Waals surface area contributed by atoms with Crippen LogP contribution in [0.15, 0.2) is 18.2 Å². The molecular weight excluding hydrogens is 372 g/mol. The summed E-state index contributed by atoms with van der Waals surface area (Å²) in [4.78, 5) is 26.0. The molecule has 1 amide bonds. The second kappa shape index (κ2) is 9.28. The van der Waals surface area contributed by atoms with Gasteiger partial charge in [-0.05, 0) is 49.8 Å². The first-order valence-electron chi connectivity index (χ1n) is 9.04. The third-order valence-electron chi connectivity index (χ3n) is 5.26. The van der Waals surface area contributed by atoms with Crippen molar-refractivity contribution in [1.82, 2.24) is 4.90 Å². The number of hydrogen-bond acceptors (Lipinski definition) is 6. The Hall–Kier alpha value is -1.99. The van der Waals surface area contributed by atoms with Gasteiger partial charge in [0.15, 0.2) is 18.1 Å². The number of carbonyl (C=O) groups is 2. The molecule has 0 radical (unpaired) electrons. The van der Waals surface area contributed by atoms with Gasteiger partial charge in [-0.25, -0.2) is 4.79 Å². The van der Waals surface area contributed by atoms with Crippen LogP contribution >= 0.6 is 12.4 Å². The summed E-state index contributed by atoms with van der Waals surface area (Å²) in [6, 6.07) is 5.23. The molecule has 7 nitrogen and oxygen atoms in total. The largest absolute Gasteiger partial charge is 0.490 e. The maximum Gasteiger partial charge on any atom is 0.343 e. The summed E-state index contributed by atoms with van der Waals surface area (Å²) >= 11 is 0. The Kier molecular flexibility index (Phi) is 7.33. The number of halogens is 1. The van der Waals surface area contributed by atoms with E-state index in [9.17, 15) is 9.59 Å². The summed E-state index contributed by atoms with van der Waals surface area (Å²) < 4.78 is 15.6. The molecule has 1 aromatic carbocycles. The Labute approximate surface area is 165 Å². The molecule has 0 bridgehead atoms. The highest BCUT2D eigenvalue weighted by Crippen LogP contribution is 2.38. The second-order valence-corrected chi connectivity index (χ2v) is 6.83. The molecule has 1 saturated carbocycles. The van der Waals surface area contributed by atoms with Crippen LogP contribution in [0.5, 0.6) is 11.5 Å². The predicted octanol–water partition coefficient (Wildman–Crippen LogP) is 1.87. The Morgan fingerprint density at radius 2 is 1.96 bits per heavy atom. The zero-order valence-corrected chi connectivity index (χ0v) is 16.5. The second-order valence-electron chi connectivity index (χ2n) is 6.83. The van der Waals surface area contributed by atoms with E-state index in [1.54, 1.807) is 18.2 Å². The number of nitrogens with zero attached hydrogens (tertiary/aromatic N) is 1. The number of esters is 1. The van der Waals surface area contributed by atoms with Crippen molar-refractivity contribution in [2.24, 2.45) is 17.6 Å². The van der Waals surface area contributed by atoms with Crippen molar-refractivity contribution in [2.45, 2.75) is 25.8 Å². The number of fused-ring (bicyclic) bond motifs is 1. The van der Waals surface area contributed by atoms with E-state index in [1.165, 1.54) is 7.11 Å². The van der Waals surface area contributed by atoms with Gasteiger partial charge in [0.2, 0.25) is 0 Å². The molecule has 8 heteroatoms. The van der Waals surface area contributed by atoms with Crippen LogP contribution in [0, 0.1) is 11.8 Å². The highest BCUT2D eigenvalue weighted by molar-refractivity contribution is 5.95. The molecule has 2 N–H and O–H groups in total. The van der Waals surface area contributed by atoms with Crippen LogP contribution in [0.3, 0.4) is 0 Å². The molecule has 0 aromatic heterocycles. The molecule has 3 unspecified atom stereocenters. The number of likely N-dealkylation sites (tertiary alicyclic amines) is 1. The fourth-order valence-electron chi connectivity index (χ4n) is 3.88. The summed E-state index contributed by atoms with van der Waals surface area (Å²) in [5, 5.41) is 0. The van der Waals surface area contributed by atoms with Gasteiger partial charge in [-0.15, -0.1) is 12.4 Å². The first-order valence-corrected chi connectivity index (χ1v) is 9.04. The van der Waals surface area contributed by atoms with Crippen LogP contribution < -0.4 is 15.2 Å². The molecule has 1 aromatic rings. The monoisotopic (exact) mass is 398 g/mol. The summed E-state index contributed by atoms with van der Waals surface area (Å²) in [6.45, 7) is 3.55. The van der Waals surface area contributed by atoms with Gasteiger partial charge in [0.1, 0.15) is 0 Å². The lowest BCUT2D eigenvalue weighted by atomic mass is 9.98. The maximum absolute atomic E-state index is 12.9. The van der Waals surface area contributed by atoms with Crippen LogP contribution in [-0.4, -0.2) is 56.2 Å². The van der Waals surface area contributed by atoms with Gasteiger partial charge < -0.3 is 24.8 Å². The normalized spacial score (nSPS) is 23.4. The molecular formula is C19H27ClN2O5. The van der Waals surface area contributed by atoms with Crippen molar-refractivity contribution >= 4 is 24.3 Å². The van der Waals surface area contributed by atoms with Crippen molar-refractivity contribution in [1.29, 1.82) is 0 Å². The molecule has 1 aliphatic carbocycles. The number of hydrogen-bond donors (Lipinski definition) is 1. The molecule has 150 valence electrons. The average Bonchev–Trinajstić information content (AvgIpc) is 3.22. The summed E-state index contributed by atoms with van der Waals surface area (Å²) in [5.74, 6) is 1.28. The van der Waals surface area contributed by atoms with Crippen molar-refractivity contribution in [2.75, 3.05) is 33.4 Å². The smallest absolute Gasteiger partial charge is 0.343 e. The first kappa shape index (κ1) is 21.3. The minimum Gasteiger partial charge on any atom is -0.490 e. The van der Waals surface area contributed by atoms with Gasteiger partial charge in [-0.3, -0.25) is 4.79 Å². The van der Waals surface area contributed by atoms with E-state index in [0.717, 1.165) is 25.9 Å². The van der Waals surface area contributed by atoms with Gasteiger partial charge in [-0.1, -0.05) is 0 Å². The Morgan fingerprint density at radius 3 is 2.63 bits per heavy atom. The molecule has 3 atom stereocenters. The van der Waals surface area contributed by atoms with Crippen molar-refractivity contribution in [3.8, 4) is 11.5 Å². The van der Waals surface area contributed by atoms with Gasteiger partial charge in [0.25, 0.3) is 5.91 Å². The number of methoxy groups -OCH3 is 1. The van der Waals surface area contributed by atoms with Gasteiger partial charge in [0, 0.05) is 24.7 Å². The van der Waals surface area contributed by atoms with Crippen molar-refractivity contribution < 1.29 is 23.8 Å². The standard InChI is InChI=1S/C19H26N2O5.ClH/c1-3-25-17-8-12(5-7-16(17)26-11-18(22)24-2)19(23)21-9-13-4-6-15(20)14(13)10-21;/h5,7-8,13-15H,3-4,6,9-11,20H2,1-2H3;1H. The fraction of sp³-hybridized carbons (Fsp3) is 0.579. The zero-order chi connectivity index (χ0) is 18.7. The van der Waals surface area contributed by atoms with Crippen LogP contribution in [-0.2, 0) is 9.53 Å². The van der Waals surface area contributed by atoms with E-state index in [4.69, 9.17) is 15.2 Å². The van der Waals surface area contributed by atoms with E-state index in [-0.39, 0.29) is 31.0 Å². The van der Waals surface area contributed by atoms with Crippen molar-refractivity contribution in [3.63, 3.8) is 0 Å². The Morgan fingerprint density at radius 1 is 1.19 bits per heavy atom. The predicted molar refractivity (Wildman–Crippen MR) is 102 cm³/mol. The number of rotatable bonds is 6. The number of carbonyl (C=O) groups excluding carboxylic acids is 2. The number of amides is 1. The molecule has 27 heavy (non-hydrogen) atoms. The third kappa shape index (κ3) is 4.65. The lowest BCUT2D eigenvalue weighted by molar-refractivity contribution is -0.142. The highest BCUT2D eigenvalue weighted by atomic mass is 35.5. The van der Waals surface area contributed by atoms with E-state index in [1.807, 2.05) is 11.8 Å². The average molecular weight is 399 g/mol. The minimum atomic E-state index is -0.479.